The lowest BCUT2D eigenvalue weighted by Gasteiger charge is -2.47. The molecule has 0 saturated carbocycles. The highest BCUT2D eigenvalue weighted by Crippen LogP contribution is 2.42. The van der Waals surface area contributed by atoms with E-state index in [1.807, 2.05) is 4.90 Å². The van der Waals surface area contributed by atoms with Gasteiger partial charge in [0.05, 0.1) is 12.2 Å². The summed E-state index contributed by atoms with van der Waals surface area (Å²) >= 11 is 5.91. The molecule has 2 saturated heterocycles. The molecule has 0 bridgehead atoms. The van der Waals surface area contributed by atoms with Crippen molar-refractivity contribution in [3.05, 3.63) is 46.3 Å². The topological polar surface area (TPSA) is 68.0 Å². The lowest BCUT2D eigenvalue weighted by Crippen LogP contribution is -2.59. The van der Waals surface area contributed by atoms with Crippen molar-refractivity contribution in [2.45, 2.75) is 26.0 Å². The molecule has 8 heteroatoms. The zero-order valence-electron chi connectivity index (χ0n) is 17.0. The second kappa shape index (κ2) is 7.97. The Labute approximate surface area is 175 Å². The van der Waals surface area contributed by atoms with Crippen LogP contribution in [0.15, 0.2) is 28.8 Å². The van der Waals surface area contributed by atoms with Gasteiger partial charge in [-0.1, -0.05) is 16.8 Å². The number of carbonyl (C=O) groups excluding carboxylic acids is 1. The zero-order chi connectivity index (χ0) is 20.6. The van der Waals surface area contributed by atoms with Crippen LogP contribution < -0.4 is 4.74 Å². The first-order valence-electron chi connectivity index (χ1n) is 9.73. The number of carbonyl (C=O) groups is 1. The average molecular weight is 420 g/mol. The Hall–Kier alpha value is -2.09. The molecular weight excluding hydrogens is 394 g/mol. The maximum atomic E-state index is 13.0. The van der Waals surface area contributed by atoms with E-state index >= 15 is 0 Å². The van der Waals surface area contributed by atoms with E-state index in [-0.39, 0.29) is 17.9 Å². The van der Waals surface area contributed by atoms with E-state index in [0.717, 1.165) is 32.7 Å². The number of methoxy groups -OCH3 is 1. The molecule has 1 spiro atoms. The maximum Gasteiger partial charge on any atom is 0.276 e. The van der Waals surface area contributed by atoms with Gasteiger partial charge in [0.25, 0.3) is 5.91 Å². The first-order valence-corrected chi connectivity index (χ1v) is 10.1. The molecule has 29 heavy (non-hydrogen) atoms. The van der Waals surface area contributed by atoms with Crippen LogP contribution in [0.1, 0.15) is 28.2 Å². The average Bonchev–Trinajstić information content (AvgIpc) is 3.20. The summed E-state index contributed by atoms with van der Waals surface area (Å²) < 4.78 is 16.4. The summed E-state index contributed by atoms with van der Waals surface area (Å²) in [5, 5.41) is 4.67. The van der Waals surface area contributed by atoms with Gasteiger partial charge in [0, 0.05) is 43.2 Å². The van der Waals surface area contributed by atoms with Crippen molar-refractivity contribution in [3.63, 3.8) is 0 Å². The van der Waals surface area contributed by atoms with Crippen LogP contribution in [-0.2, 0) is 11.3 Å². The number of nitrogens with zero attached hydrogens (tertiary/aromatic N) is 3. The molecule has 3 heterocycles. The highest BCUT2D eigenvalue weighted by atomic mass is 35.5. The van der Waals surface area contributed by atoms with Crippen molar-refractivity contribution in [2.75, 3.05) is 40.4 Å². The molecule has 0 radical (unpaired) electrons. The number of benzene rings is 1. The van der Waals surface area contributed by atoms with Gasteiger partial charge in [0.2, 0.25) is 0 Å². The van der Waals surface area contributed by atoms with Gasteiger partial charge in [-0.25, -0.2) is 0 Å². The largest absolute Gasteiger partial charge is 0.489 e. The van der Waals surface area contributed by atoms with E-state index in [9.17, 15) is 4.79 Å². The van der Waals surface area contributed by atoms with Crippen LogP contribution in [0.2, 0.25) is 5.02 Å². The second-order valence-electron chi connectivity index (χ2n) is 8.20. The summed E-state index contributed by atoms with van der Waals surface area (Å²) in [5.41, 5.74) is 1.18. The Kier molecular flexibility index (Phi) is 5.55. The lowest BCUT2D eigenvalue weighted by atomic mass is 9.77. The van der Waals surface area contributed by atoms with E-state index < -0.39 is 0 Å². The molecule has 0 N–H and O–H groups in total. The molecule has 2 fully saturated rings. The fourth-order valence-electron chi connectivity index (χ4n) is 4.46. The fourth-order valence-corrected chi connectivity index (χ4v) is 4.58. The van der Waals surface area contributed by atoms with Crippen LogP contribution in [0.5, 0.6) is 5.75 Å². The minimum atomic E-state index is -0.0972. The van der Waals surface area contributed by atoms with Gasteiger partial charge in [0.1, 0.15) is 18.1 Å². The Bertz CT molecular complexity index is 877. The quantitative estimate of drug-likeness (QED) is 0.717. The minimum absolute atomic E-state index is 0.0972. The number of hydrogen-bond acceptors (Lipinski definition) is 6. The summed E-state index contributed by atoms with van der Waals surface area (Å²) in [6.07, 6.45) is 1.05. The molecular formula is C21H26ClN3O4. The summed E-state index contributed by atoms with van der Waals surface area (Å²) in [7, 11) is 3.85. The van der Waals surface area contributed by atoms with Crippen molar-refractivity contribution in [2.24, 2.45) is 5.41 Å². The zero-order valence-corrected chi connectivity index (χ0v) is 17.7. The third-order valence-electron chi connectivity index (χ3n) is 5.96. The smallest absolute Gasteiger partial charge is 0.276 e. The van der Waals surface area contributed by atoms with E-state index in [1.54, 1.807) is 38.3 Å². The number of likely N-dealkylation sites (tertiary alicyclic amines) is 2. The van der Waals surface area contributed by atoms with Crippen molar-refractivity contribution < 1.29 is 18.8 Å². The van der Waals surface area contributed by atoms with Gasteiger partial charge < -0.3 is 23.8 Å². The predicted molar refractivity (Wildman–Crippen MR) is 108 cm³/mol. The molecule has 2 aromatic rings. The van der Waals surface area contributed by atoms with Crippen LogP contribution >= 0.6 is 11.6 Å². The number of ether oxygens (including phenoxy) is 2. The highest BCUT2D eigenvalue weighted by Gasteiger charge is 2.52. The number of amides is 1. The highest BCUT2D eigenvalue weighted by molar-refractivity contribution is 6.30. The van der Waals surface area contributed by atoms with Crippen molar-refractivity contribution in [1.82, 2.24) is 15.0 Å². The Balaban J connectivity index is 1.40. The summed E-state index contributed by atoms with van der Waals surface area (Å²) in [4.78, 5) is 17.2. The van der Waals surface area contributed by atoms with Gasteiger partial charge in [-0.15, -0.1) is 0 Å². The Morgan fingerprint density at radius 3 is 2.72 bits per heavy atom. The van der Waals surface area contributed by atoms with E-state index in [4.69, 9.17) is 25.6 Å². The maximum absolute atomic E-state index is 13.0. The fraction of sp³-hybridized carbons (Fsp3) is 0.524. The third-order valence-corrected chi connectivity index (χ3v) is 6.21. The van der Waals surface area contributed by atoms with Gasteiger partial charge in [-0.3, -0.25) is 4.79 Å². The number of halogens is 1. The number of aromatic nitrogens is 1. The Morgan fingerprint density at radius 1 is 1.31 bits per heavy atom. The number of rotatable bonds is 6. The molecule has 1 atom stereocenters. The molecule has 2 aliphatic heterocycles. The number of aryl methyl sites for hydroxylation is 1. The monoisotopic (exact) mass is 419 g/mol. The van der Waals surface area contributed by atoms with Crippen LogP contribution in [0.25, 0.3) is 0 Å². The summed E-state index contributed by atoms with van der Waals surface area (Å²) in [6.45, 7) is 5.19. The van der Waals surface area contributed by atoms with E-state index in [0.29, 0.717) is 33.8 Å². The molecule has 1 aromatic heterocycles. The van der Waals surface area contributed by atoms with Gasteiger partial charge in [0.15, 0.2) is 5.69 Å². The molecule has 1 unspecified atom stereocenters. The first kappa shape index (κ1) is 20.2. The number of likely N-dealkylation sites (N-methyl/N-ethyl adjacent to an activating group) is 1. The van der Waals surface area contributed by atoms with Crippen LogP contribution in [0.4, 0.5) is 0 Å². The first-order chi connectivity index (χ1) is 13.9. The summed E-state index contributed by atoms with van der Waals surface area (Å²) in [5.74, 6) is 1.17. The summed E-state index contributed by atoms with van der Waals surface area (Å²) in [6, 6.07) is 7.52. The van der Waals surface area contributed by atoms with Crippen LogP contribution in [0, 0.1) is 12.3 Å². The van der Waals surface area contributed by atoms with Crippen molar-refractivity contribution >= 4 is 17.5 Å². The van der Waals surface area contributed by atoms with Crippen molar-refractivity contribution in [1.29, 1.82) is 0 Å². The lowest BCUT2D eigenvalue weighted by molar-refractivity contribution is 0.0103. The normalized spacial score (nSPS) is 20.8. The van der Waals surface area contributed by atoms with Gasteiger partial charge in [-0.2, -0.15) is 0 Å². The van der Waals surface area contributed by atoms with E-state index in [2.05, 4.69) is 17.1 Å². The van der Waals surface area contributed by atoms with Gasteiger partial charge in [-0.05, 0) is 44.7 Å². The van der Waals surface area contributed by atoms with E-state index in [1.165, 1.54) is 0 Å². The van der Waals surface area contributed by atoms with Crippen LogP contribution in [0.3, 0.4) is 0 Å². The minimum Gasteiger partial charge on any atom is -0.489 e. The SMILES string of the molecule is COCC1CC2(CN(C(=O)c3noc(C)c3COc3ccc(Cl)cc3)C2)CN1C. The molecule has 1 aromatic carbocycles. The molecule has 1 amide bonds. The standard InChI is InChI=1S/C21H26ClN3O4/c1-14-18(10-28-17-6-4-15(22)5-7-17)19(23-29-14)20(26)25-12-21(13-25)8-16(9-27-3)24(2)11-21/h4-7,16H,8-13H2,1-3H3. The molecule has 0 aliphatic carbocycles. The second-order valence-corrected chi connectivity index (χ2v) is 8.63. The van der Waals surface area contributed by atoms with Gasteiger partial charge >= 0.3 is 0 Å². The molecule has 156 valence electrons. The third kappa shape index (κ3) is 3.99. The predicted octanol–water partition coefficient (Wildman–Crippen LogP) is 3.01. The van der Waals surface area contributed by atoms with Crippen LogP contribution in [-0.4, -0.2) is 67.3 Å². The molecule has 4 rings (SSSR count). The Morgan fingerprint density at radius 2 is 2.03 bits per heavy atom. The molecule has 2 aliphatic rings. The molecule has 7 nitrogen and oxygen atoms in total. The number of hydrogen-bond donors (Lipinski definition) is 0. The van der Waals surface area contributed by atoms with Crippen molar-refractivity contribution in [3.8, 4) is 5.75 Å².